The lowest BCUT2D eigenvalue weighted by Gasteiger charge is -2.08. The average molecular weight is 201 g/mol. The molecular weight excluding hydrogens is 182 g/mol. The Hall–Kier alpha value is -1.24. The number of allylic oxidation sites excluding steroid dienone is 1. The fourth-order valence-electron chi connectivity index (χ4n) is 2.01. The van der Waals surface area contributed by atoms with Gasteiger partial charge in [-0.25, -0.2) is 0 Å². The molecule has 1 aliphatic carbocycles. The Kier molecular flexibility index (Phi) is 3.84. The summed E-state index contributed by atoms with van der Waals surface area (Å²) in [6, 6.07) is 10.4. The van der Waals surface area contributed by atoms with E-state index in [1.54, 1.807) is 5.57 Å². The molecule has 0 radical (unpaired) electrons. The molecule has 0 unspecified atom stereocenters. The summed E-state index contributed by atoms with van der Waals surface area (Å²) >= 11 is 0. The van der Waals surface area contributed by atoms with E-state index in [4.69, 9.17) is 0 Å². The zero-order chi connectivity index (χ0) is 10.3. The molecular formula is C14H19N. The Morgan fingerprint density at radius 1 is 1.00 bits per heavy atom. The van der Waals surface area contributed by atoms with Crippen molar-refractivity contribution in [3.63, 3.8) is 0 Å². The predicted molar refractivity (Wildman–Crippen MR) is 66.1 cm³/mol. The Labute approximate surface area is 92.2 Å². The molecule has 1 aromatic carbocycles. The van der Waals surface area contributed by atoms with Crippen molar-refractivity contribution < 1.29 is 0 Å². The summed E-state index contributed by atoms with van der Waals surface area (Å²) < 4.78 is 0. The summed E-state index contributed by atoms with van der Waals surface area (Å²) in [5.74, 6) is 0. The van der Waals surface area contributed by atoms with Gasteiger partial charge in [-0.05, 0) is 37.8 Å². The number of para-hydroxylation sites is 1. The van der Waals surface area contributed by atoms with Gasteiger partial charge in [-0.2, -0.15) is 0 Å². The average Bonchev–Trinajstić information content (AvgIpc) is 2.56. The van der Waals surface area contributed by atoms with Crippen LogP contribution in [0, 0.1) is 0 Å². The highest BCUT2D eigenvalue weighted by Crippen LogP contribution is 2.17. The topological polar surface area (TPSA) is 12.0 Å². The van der Waals surface area contributed by atoms with Crippen molar-refractivity contribution >= 4 is 5.69 Å². The molecule has 1 aromatic rings. The van der Waals surface area contributed by atoms with Gasteiger partial charge in [0.05, 0.1) is 0 Å². The first-order chi connectivity index (χ1) is 7.45. The smallest absolute Gasteiger partial charge is 0.0360 e. The van der Waals surface area contributed by atoms with Gasteiger partial charge in [0.15, 0.2) is 0 Å². The standard InChI is InChI=1S/C14H19N/c1-2-5-9-13(8-4-1)12-15-14-10-6-3-7-11-14/h3,6-8,10-11,15H,1-2,4-5,9,12H2. The minimum absolute atomic E-state index is 1.02. The third-order valence-corrected chi connectivity index (χ3v) is 2.93. The van der Waals surface area contributed by atoms with Crippen molar-refractivity contribution in [2.24, 2.45) is 0 Å². The highest BCUT2D eigenvalue weighted by molar-refractivity contribution is 5.43. The monoisotopic (exact) mass is 201 g/mol. The fourth-order valence-corrected chi connectivity index (χ4v) is 2.01. The molecule has 1 heteroatoms. The summed E-state index contributed by atoms with van der Waals surface area (Å²) in [5, 5.41) is 3.47. The van der Waals surface area contributed by atoms with E-state index in [9.17, 15) is 0 Å². The molecule has 0 aliphatic heterocycles. The number of hydrogen-bond donors (Lipinski definition) is 1. The Morgan fingerprint density at radius 3 is 2.73 bits per heavy atom. The number of nitrogens with one attached hydrogen (secondary N) is 1. The van der Waals surface area contributed by atoms with E-state index in [1.165, 1.54) is 37.8 Å². The summed E-state index contributed by atoms with van der Waals surface area (Å²) in [6.45, 7) is 1.02. The SMILES string of the molecule is C1=C(CNc2ccccc2)CCCCC1. The predicted octanol–water partition coefficient (Wildman–Crippen LogP) is 3.99. The molecule has 0 spiro atoms. The second-order valence-electron chi connectivity index (χ2n) is 4.18. The van der Waals surface area contributed by atoms with Crippen LogP contribution < -0.4 is 5.32 Å². The minimum Gasteiger partial charge on any atom is -0.381 e. The van der Waals surface area contributed by atoms with E-state index in [-0.39, 0.29) is 0 Å². The maximum absolute atomic E-state index is 3.47. The highest BCUT2D eigenvalue weighted by Gasteiger charge is 2.02. The van der Waals surface area contributed by atoms with Gasteiger partial charge in [-0.3, -0.25) is 0 Å². The van der Waals surface area contributed by atoms with E-state index >= 15 is 0 Å². The van der Waals surface area contributed by atoms with E-state index in [0.29, 0.717) is 0 Å². The first kappa shape index (κ1) is 10.3. The van der Waals surface area contributed by atoms with Crippen LogP contribution in [-0.2, 0) is 0 Å². The van der Waals surface area contributed by atoms with Crippen molar-refractivity contribution in [1.29, 1.82) is 0 Å². The highest BCUT2D eigenvalue weighted by atomic mass is 14.9. The second-order valence-corrected chi connectivity index (χ2v) is 4.18. The molecule has 0 bridgehead atoms. The van der Waals surface area contributed by atoms with E-state index in [1.807, 2.05) is 0 Å². The van der Waals surface area contributed by atoms with Crippen LogP contribution in [0.4, 0.5) is 5.69 Å². The van der Waals surface area contributed by atoms with Gasteiger partial charge in [0.1, 0.15) is 0 Å². The molecule has 0 saturated heterocycles. The van der Waals surface area contributed by atoms with Crippen molar-refractivity contribution in [3.8, 4) is 0 Å². The van der Waals surface area contributed by atoms with Gasteiger partial charge in [0.25, 0.3) is 0 Å². The fraction of sp³-hybridized carbons (Fsp3) is 0.429. The summed E-state index contributed by atoms with van der Waals surface area (Å²) in [5.41, 5.74) is 2.80. The number of rotatable bonds is 3. The molecule has 0 heterocycles. The Bertz CT molecular complexity index is 313. The van der Waals surface area contributed by atoms with Gasteiger partial charge >= 0.3 is 0 Å². The van der Waals surface area contributed by atoms with Crippen LogP contribution in [0.5, 0.6) is 0 Å². The van der Waals surface area contributed by atoms with Crippen molar-refractivity contribution in [1.82, 2.24) is 0 Å². The van der Waals surface area contributed by atoms with Crippen LogP contribution in [0.3, 0.4) is 0 Å². The quantitative estimate of drug-likeness (QED) is 0.729. The molecule has 15 heavy (non-hydrogen) atoms. The first-order valence-electron chi connectivity index (χ1n) is 5.92. The van der Waals surface area contributed by atoms with E-state index in [2.05, 4.69) is 41.7 Å². The van der Waals surface area contributed by atoms with E-state index in [0.717, 1.165) is 6.54 Å². The summed E-state index contributed by atoms with van der Waals surface area (Å²) in [7, 11) is 0. The minimum atomic E-state index is 1.02. The summed E-state index contributed by atoms with van der Waals surface area (Å²) in [6.07, 6.45) is 9.09. The summed E-state index contributed by atoms with van der Waals surface area (Å²) in [4.78, 5) is 0. The van der Waals surface area contributed by atoms with Crippen LogP contribution in [0.2, 0.25) is 0 Å². The van der Waals surface area contributed by atoms with Crippen molar-refractivity contribution in [2.75, 3.05) is 11.9 Å². The largest absolute Gasteiger partial charge is 0.381 e. The molecule has 0 amide bonds. The molecule has 0 atom stereocenters. The normalized spacial score (nSPS) is 16.7. The van der Waals surface area contributed by atoms with Gasteiger partial charge in [-0.15, -0.1) is 0 Å². The zero-order valence-electron chi connectivity index (χ0n) is 9.21. The Balaban J connectivity index is 1.84. The van der Waals surface area contributed by atoms with Crippen LogP contribution in [0.15, 0.2) is 42.0 Å². The van der Waals surface area contributed by atoms with Crippen LogP contribution in [0.25, 0.3) is 0 Å². The molecule has 80 valence electrons. The molecule has 0 saturated carbocycles. The molecule has 1 aliphatic rings. The lowest BCUT2D eigenvalue weighted by molar-refractivity contribution is 0.709. The lowest BCUT2D eigenvalue weighted by atomic mass is 10.1. The first-order valence-corrected chi connectivity index (χ1v) is 5.92. The van der Waals surface area contributed by atoms with E-state index < -0.39 is 0 Å². The number of anilines is 1. The van der Waals surface area contributed by atoms with Crippen LogP contribution >= 0.6 is 0 Å². The maximum Gasteiger partial charge on any atom is 0.0360 e. The molecule has 2 rings (SSSR count). The molecule has 0 aromatic heterocycles. The van der Waals surface area contributed by atoms with Crippen molar-refractivity contribution in [2.45, 2.75) is 32.1 Å². The van der Waals surface area contributed by atoms with Crippen molar-refractivity contribution in [3.05, 3.63) is 42.0 Å². The second kappa shape index (κ2) is 5.59. The van der Waals surface area contributed by atoms with Gasteiger partial charge in [-0.1, -0.05) is 36.3 Å². The van der Waals surface area contributed by atoms with Gasteiger partial charge in [0, 0.05) is 12.2 Å². The molecule has 0 fully saturated rings. The molecule has 1 N–H and O–H groups in total. The van der Waals surface area contributed by atoms with Crippen LogP contribution in [-0.4, -0.2) is 6.54 Å². The van der Waals surface area contributed by atoms with Gasteiger partial charge < -0.3 is 5.32 Å². The number of benzene rings is 1. The zero-order valence-corrected chi connectivity index (χ0v) is 9.21. The third kappa shape index (κ3) is 3.43. The maximum atomic E-state index is 3.47. The Morgan fingerprint density at radius 2 is 1.87 bits per heavy atom. The van der Waals surface area contributed by atoms with Crippen LogP contribution in [0.1, 0.15) is 32.1 Å². The number of hydrogen-bond acceptors (Lipinski definition) is 1. The van der Waals surface area contributed by atoms with Gasteiger partial charge in [0.2, 0.25) is 0 Å². The third-order valence-electron chi connectivity index (χ3n) is 2.93. The lowest BCUT2D eigenvalue weighted by Crippen LogP contribution is -2.04. The molecule has 1 nitrogen and oxygen atoms in total.